The Morgan fingerprint density at radius 1 is 1.22 bits per heavy atom. The predicted octanol–water partition coefficient (Wildman–Crippen LogP) is 3.91. The largest absolute Gasteiger partial charge is 0.361 e. The van der Waals surface area contributed by atoms with Gasteiger partial charge >= 0.3 is 0 Å². The minimum atomic E-state index is 0.829. The van der Waals surface area contributed by atoms with Crippen LogP contribution in [0.3, 0.4) is 0 Å². The highest BCUT2D eigenvalue weighted by Crippen LogP contribution is 2.33. The molecule has 1 aromatic carbocycles. The first-order valence-corrected chi connectivity index (χ1v) is 6.44. The molecule has 0 saturated heterocycles. The second-order valence-corrected chi connectivity index (χ2v) is 5.23. The lowest BCUT2D eigenvalue weighted by molar-refractivity contribution is 0.393. The van der Waals surface area contributed by atoms with Crippen molar-refractivity contribution in [2.24, 2.45) is 0 Å². The molecule has 2 aromatic heterocycles. The van der Waals surface area contributed by atoms with Crippen LogP contribution in [0.4, 0.5) is 0 Å². The van der Waals surface area contributed by atoms with Gasteiger partial charge in [0.15, 0.2) is 0 Å². The van der Waals surface area contributed by atoms with Crippen LogP contribution >= 0.6 is 15.9 Å². The second kappa shape index (κ2) is 3.95. The molecule has 0 amide bonds. The fourth-order valence-corrected chi connectivity index (χ4v) is 2.79. The molecule has 0 aliphatic heterocycles. The number of fused-ring (bicyclic) bond motifs is 1. The van der Waals surface area contributed by atoms with E-state index in [2.05, 4.69) is 43.2 Å². The van der Waals surface area contributed by atoms with Gasteiger partial charge in [-0.1, -0.05) is 5.16 Å². The van der Waals surface area contributed by atoms with Gasteiger partial charge in [-0.05, 0) is 54.4 Å². The maximum atomic E-state index is 5.22. The molecular formula is C13H12BrN3O. The molecule has 0 unspecified atom stereocenters. The topological polar surface area (TPSA) is 54.7 Å². The Morgan fingerprint density at radius 3 is 2.67 bits per heavy atom. The van der Waals surface area contributed by atoms with E-state index in [1.54, 1.807) is 0 Å². The summed E-state index contributed by atoms with van der Waals surface area (Å²) >= 11 is 3.56. The number of aryl methyl sites for hydroxylation is 3. The van der Waals surface area contributed by atoms with E-state index in [0.29, 0.717) is 0 Å². The van der Waals surface area contributed by atoms with Crippen LogP contribution in [0.2, 0.25) is 0 Å². The number of halogens is 1. The summed E-state index contributed by atoms with van der Waals surface area (Å²) in [6.45, 7) is 5.82. The molecule has 3 rings (SSSR count). The molecule has 0 aliphatic rings. The van der Waals surface area contributed by atoms with E-state index < -0.39 is 0 Å². The Hall–Kier alpha value is -1.62. The second-order valence-electron chi connectivity index (χ2n) is 4.38. The summed E-state index contributed by atoms with van der Waals surface area (Å²) in [7, 11) is 0. The lowest BCUT2D eigenvalue weighted by Gasteiger charge is -2.02. The van der Waals surface area contributed by atoms with Gasteiger partial charge in [-0.15, -0.1) is 0 Å². The van der Waals surface area contributed by atoms with Crippen molar-refractivity contribution in [2.45, 2.75) is 20.8 Å². The molecule has 0 atom stereocenters. The molecule has 0 fully saturated rings. The predicted molar refractivity (Wildman–Crippen MR) is 73.5 cm³/mol. The van der Waals surface area contributed by atoms with Crippen molar-refractivity contribution in [1.29, 1.82) is 0 Å². The van der Waals surface area contributed by atoms with Gasteiger partial charge in [0.05, 0.1) is 11.2 Å². The van der Waals surface area contributed by atoms with Crippen molar-refractivity contribution in [3.63, 3.8) is 0 Å². The van der Waals surface area contributed by atoms with Gasteiger partial charge in [0.1, 0.15) is 17.1 Å². The molecule has 18 heavy (non-hydrogen) atoms. The number of aromatic amines is 1. The molecule has 4 nitrogen and oxygen atoms in total. The summed E-state index contributed by atoms with van der Waals surface area (Å²) in [5.41, 5.74) is 4.98. The number of nitrogens with zero attached hydrogens (tertiary/aromatic N) is 2. The normalized spacial score (nSPS) is 11.3. The molecule has 1 N–H and O–H groups in total. The van der Waals surface area contributed by atoms with Crippen molar-refractivity contribution < 1.29 is 4.52 Å². The molecular weight excluding hydrogens is 294 g/mol. The number of H-pyrrole nitrogens is 1. The van der Waals surface area contributed by atoms with Crippen LogP contribution in [0.1, 0.15) is 17.3 Å². The fraction of sp³-hybridized carbons (Fsp3) is 0.231. The number of hydrogen-bond acceptors (Lipinski definition) is 3. The van der Waals surface area contributed by atoms with Crippen molar-refractivity contribution in [3.8, 4) is 11.1 Å². The molecule has 0 aliphatic carbocycles. The van der Waals surface area contributed by atoms with E-state index >= 15 is 0 Å². The minimum absolute atomic E-state index is 0.829. The molecule has 92 valence electrons. The van der Waals surface area contributed by atoms with Crippen LogP contribution in [0.5, 0.6) is 0 Å². The quantitative estimate of drug-likeness (QED) is 0.741. The third kappa shape index (κ3) is 1.66. The van der Waals surface area contributed by atoms with Gasteiger partial charge in [0, 0.05) is 10.0 Å². The molecule has 0 spiro atoms. The minimum Gasteiger partial charge on any atom is -0.361 e. The number of rotatable bonds is 1. The van der Waals surface area contributed by atoms with Crippen LogP contribution in [-0.4, -0.2) is 15.1 Å². The summed E-state index contributed by atoms with van der Waals surface area (Å²) < 4.78 is 6.19. The van der Waals surface area contributed by atoms with E-state index in [4.69, 9.17) is 4.52 Å². The molecule has 3 aromatic rings. The SMILES string of the molecule is Cc1nc2c(Br)cc(-c3c(C)noc3C)cc2[nH]1. The summed E-state index contributed by atoms with van der Waals surface area (Å²) in [4.78, 5) is 7.69. The van der Waals surface area contributed by atoms with Crippen LogP contribution in [0, 0.1) is 20.8 Å². The van der Waals surface area contributed by atoms with Crippen molar-refractivity contribution in [2.75, 3.05) is 0 Å². The number of imidazole rings is 1. The Kier molecular flexibility index (Phi) is 2.52. The van der Waals surface area contributed by atoms with Crippen LogP contribution in [0.15, 0.2) is 21.1 Å². The van der Waals surface area contributed by atoms with Gasteiger partial charge in [0.25, 0.3) is 0 Å². The monoisotopic (exact) mass is 305 g/mol. The van der Waals surface area contributed by atoms with Gasteiger partial charge in [0.2, 0.25) is 0 Å². The third-order valence-electron chi connectivity index (χ3n) is 2.98. The smallest absolute Gasteiger partial charge is 0.141 e. The first kappa shape index (κ1) is 11.5. The number of hydrogen-bond donors (Lipinski definition) is 1. The number of benzene rings is 1. The summed E-state index contributed by atoms with van der Waals surface area (Å²) in [6, 6.07) is 4.13. The maximum absolute atomic E-state index is 5.22. The van der Waals surface area contributed by atoms with Gasteiger partial charge in [-0.25, -0.2) is 4.98 Å². The van der Waals surface area contributed by atoms with E-state index in [1.807, 2.05) is 20.8 Å². The lowest BCUT2D eigenvalue weighted by Crippen LogP contribution is -1.83. The van der Waals surface area contributed by atoms with E-state index in [9.17, 15) is 0 Å². The van der Waals surface area contributed by atoms with Crippen molar-refractivity contribution >= 4 is 27.0 Å². The Labute approximate surface area is 113 Å². The Bertz CT molecular complexity index is 723. The molecule has 2 heterocycles. The van der Waals surface area contributed by atoms with Gasteiger partial charge in [-0.2, -0.15) is 0 Å². The zero-order chi connectivity index (χ0) is 12.9. The Morgan fingerprint density at radius 2 is 2.00 bits per heavy atom. The van der Waals surface area contributed by atoms with Crippen LogP contribution < -0.4 is 0 Å². The zero-order valence-electron chi connectivity index (χ0n) is 10.3. The molecule has 0 bridgehead atoms. The van der Waals surface area contributed by atoms with Crippen molar-refractivity contribution in [3.05, 3.63) is 33.9 Å². The van der Waals surface area contributed by atoms with E-state index in [1.165, 1.54) is 0 Å². The fourth-order valence-electron chi connectivity index (χ4n) is 2.24. The Balaban J connectivity index is 2.30. The standard InChI is InChI=1S/C13H12BrN3O/c1-6-12(7(2)18-17-6)9-4-10(14)13-11(5-9)15-8(3)16-13/h4-5H,1-3H3,(H,15,16). The van der Waals surface area contributed by atoms with Gasteiger partial charge < -0.3 is 9.51 Å². The highest BCUT2D eigenvalue weighted by atomic mass is 79.9. The van der Waals surface area contributed by atoms with Crippen LogP contribution in [0.25, 0.3) is 22.2 Å². The van der Waals surface area contributed by atoms with Crippen LogP contribution in [-0.2, 0) is 0 Å². The third-order valence-corrected chi connectivity index (χ3v) is 3.59. The molecule has 5 heteroatoms. The van der Waals surface area contributed by atoms with Gasteiger partial charge in [-0.3, -0.25) is 0 Å². The lowest BCUT2D eigenvalue weighted by atomic mass is 10.0. The van der Waals surface area contributed by atoms with E-state index in [-0.39, 0.29) is 0 Å². The number of nitrogens with one attached hydrogen (secondary N) is 1. The highest BCUT2D eigenvalue weighted by Gasteiger charge is 2.14. The summed E-state index contributed by atoms with van der Waals surface area (Å²) in [5, 5.41) is 3.99. The first-order valence-electron chi connectivity index (χ1n) is 5.65. The zero-order valence-corrected chi connectivity index (χ0v) is 11.9. The average Bonchev–Trinajstić information content (AvgIpc) is 2.82. The average molecular weight is 306 g/mol. The number of aromatic nitrogens is 3. The highest BCUT2D eigenvalue weighted by molar-refractivity contribution is 9.10. The summed E-state index contributed by atoms with van der Waals surface area (Å²) in [6.07, 6.45) is 0. The first-order chi connectivity index (χ1) is 8.56. The maximum Gasteiger partial charge on any atom is 0.141 e. The molecule has 0 saturated carbocycles. The summed E-state index contributed by atoms with van der Waals surface area (Å²) in [5.74, 6) is 1.73. The van der Waals surface area contributed by atoms with E-state index in [0.717, 1.165) is 43.9 Å². The molecule has 0 radical (unpaired) electrons. The van der Waals surface area contributed by atoms with Crippen molar-refractivity contribution in [1.82, 2.24) is 15.1 Å².